The summed E-state index contributed by atoms with van der Waals surface area (Å²) in [4.78, 5) is 22.1. The van der Waals surface area contributed by atoms with Crippen LogP contribution in [0.15, 0.2) is 0 Å². The SMILES string of the molecule is CNC(=O)N1CCC2(CC1)CNC2.O=C(O)C(F)(F)F. The van der Waals surface area contributed by atoms with Crippen LogP contribution in [0.5, 0.6) is 0 Å². The molecule has 0 atom stereocenters. The molecule has 2 saturated heterocycles. The minimum Gasteiger partial charge on any atom is -0.475 e. The summed E-state index contributed by atoms with van der Waals surface area (Å²) in [6.07, 6.45) is -2.76. The molecule has 0 saturated carbocycles. The van der Waals surface area contributed by atoms with Gasteiger partial charge in [0, 0.05) is 33.2 Å². The summed E-state index contributed by atoms with van der Waals surface area (Å²) in [6.45, 7) is 4.13. The van der Waals surface area contributed by atoms with Crippen molar-refractivity contribution < 1.29 is 27.9 Å². The van der Waals surface area contributed by atoms with Gasteiger partial charge < -0.3 is 20.6 Å². The first-order valence-electron chi connectivity index (χ1n) is 6.18. The number of halogens is 3. The Labute approximate surface area is 114 Å². The third-order valence-electron chi connectivity index (χ3n) is 3.57. The zero-order valence-corrected chi connectivity index (χ0v) is 11.1. The molecule has 3 N–H and O–H groups in total. The molecule has 116 valence electrons. The van der Waals surface area contributed by atoms with Crippen molar-refractivity contribution in [3.8, 4) is 0 Å². The Bertz CT molecular complexity index is 360. The lowest BCUT2D eigenvalue weighted by atomic mass is 9.73. The molecule has 2 fully saturated rings. The van der Waals surface area contributed by atoms with Crippen molar-refractivity contribution in [2.45, 2.75) is 19.0 Å². The molecule has 2 heterocycles. The van der Waals surface area contributed by atoms with Crippen molar-refractivity contribution in [2.24, 2.45) is 5.41 Å². The van der Waals surface area contributed by atoms with E-state index in [1.54, 1.807) is 7.05 Å². The van der Waals surface area contributed by atoms with Crippen LogP contribution in [-0.2, 0) is 4.79 Å². The Morgan fingerprint density at radius 1 is 1.25 bits per heavy atom. The number of piperidine rings is 1. The Kier molecular flexibility index (Phi) is 5.21. The van der Waals surface area contributed by atoms with E-state index in [2.05, 4.69) is 10.6 Å². The van der Waals surface area contributed by atoms with Gasteiger partial charge in [0.2, 0.25) is 0 Å². The van der Waals surface area contributed by atoms with Gasteiger partial charge in [0.15, 0.2) is 0 Å². The number of carbonyl (C=O) groups excluding carboxylic acids is 1. The fourth-order valence-electron chi connectivity index (χ4n) is 2.17. The second kappa shape index (κ2) is 6.29. The molecule has 0 aromatic heterocycles. The molecule has 20 heavy (non-hydrogen) atoms. The van der Waals surface area contributed by atoms with Gasteiger partial charge in [-0.05, 0) is 18.3 Å². The van der Waals surface area contributed by atoms with Crippen LogP contribution in [0.3, 0.4) is 0 Å². The molecule has 2 amide bonds. The van der Waals surface area contributed by atoms with Crippen molar-refractivity contribution in [1.29, 1.82) is 0 Å². The van der Waals surface area contributed by atoms with Gasteiger partial charge in [0.1, 0.15) is 0 Å². The summed E-state index contributed by atoms with van der Waals surface area (Å²) in [6, 6.07) is 0.0714. The Balaban J connectivity index is 0.000000246. The molecule has 2 aliphatic rings. The highest BCUT2D eigenvalue weighted by Crippen LogP contribution is 2.34. The number of likely N-dealkylation sites (tertiary alicyclic amines) is 1. The maximum absolute atomic E-state index is 11.3. The molecule has 0 aliphatic carbocycles. The lowest BCUT2D eigenvalue weighted by Crippen LogP contribution is -2.59. The van der Waals surface area contributed by atoms with Gasteiger partial charge in [0.25, 0.3) is 0 Å². The monoisotopic (exact) mass is 297 g/mol. The van der Waals surface area contributed by atoms with Gasteiger partial charge >= 0.3 is 18.2 Å². The van der Waals surface area contributed by atoms with Crippen LogP contribution in [0.4, 0.5) is 18.0 Å². The normalized spacial score (nSPS) is 20.5. The smallest absolute Gasteiger partial charge is 0.475 e. The summed E-state index contributed by atoms with van der Waals surface area (Å²) in [5.74, 6) is -2.76. The first-order chi connectivity index (χ1) is 9.20. The number of nitrogens with zero attached hydrogens (tertiary/aromatic N) is 1. The van der Waals surface area contributed by atoms with Crippen LogP contribution < -0.4 is 10.6 Å². The molecule has 0 aromatic carbocycles. The topological polar surface area (TPSA) is 81.7 Å². The van der Waals surface area contributed by atoms with E-state index in [0.717, 1.165) is 39.0 Å². The van der Waals surface area contributed by atoms with Crippen molar-refractivity contribution in [3.63, 3.8) is 0 Å². The third kappa shape index (κ3) is 4.26. The number of carboxylic acids is 1. The predicted octanol–water partition coefficient (Wildman–Crippen LogP) is 0.644. The van der Waals surface area contributed by atoms with Crippen molar-refractivity contribution in [1.82, 2.24) is 15.5 Å². The van der Waals surface area contributed by atoms with Gasteiger partial charge in [-0.15, -0.1) is 0 Å². The van der Waals surface area contributed by atoms with Gasteiger partial charge in [0.05, 0.1) is 0 Å². The molecule has 0 aromatic rings. The number of carbonyl (C=O) groups is 2. The number of carboxylic acid groups (broad SMARTS) is 1. The molecule has 0 radical (unpaired) electrons. The van der Waals surface area contributed by atoms with Crippen LogP contribution >= 0.6 is 0 Å². The van der Waals surface area contributed by atoms with E-state index in [4.69, 9.17) is 9.90 Å². The highest BCUT2D eigenvalue weighted by molar-refractivity contribution is 5.74. The minimum absolute atomic E-state index is 0.0714. The van der Waals surface area contributed by atoms with Crippen molar-refractivity contribution in [3.05, 3.63) is 0 Å². The molecule has 9 heteroatoms. The van der Waals surface area contributed by atoms with Gasteiger partial charge in [-0.3, -0.25) is 0 Å². The van der Waals surface area contributed by atoms with Gasteiger partial charge in [-0.2, -0.15) is 13.2 Å². The van der Waals surface area contributed by atoms with Crippen LogP contribution in [0.2, 0.25) is 0 Å². The van der Waals surface area contributed by atoms with Crippen LogP contribution in [0.1, 0.15) is 12.8 Å². The summed E-state index contributed by atoms with van der Waals surface area (Å²) in [7, 11) is 1.69. The first kappa shape index (κ1) is 16.5. The van der Waals surface area contributed by atoms with E-state index in [9.17, 15) is 18.0 Å². The van der Waals surface area contributed by atoms with Crippen molar-refractivity contribution in [2.75, 3.05) is 33.2 Å². The summed E-state index contributed by atoms with van der Waals surface area (Å²) in [5, 5.41) is 13.1. The number of alkyl halides is 3. The fraction of sp³-hybridized carbons (Fsp3) is 0.818. The second-order valence-electron chi connectivity index (χ2n) is 4.95. The lowest BCUT2D eigenvalue weighted by molar-refractivity contribution is -0.192. The number of nitrogens with one attached hydrogen (secondary N) is 2. The number of hydrogen-bond acceptors (Lipinski definition) is 3. The van der Waals surface area contributed by atoms with Gasteiger partial charge in [-0.1, -0.05) is 0 Å². The number of hydrogen-bond donors (Lipinski definition) is 3. The zero-order chi connectivity index (χ0) is 15.4. The number of amides is 2. The maximum Gasteiger partial charge on any atom is 0.490 e. The van der Waals surface area contributed by atoms with Crippen LogP contribution in [0.25, 0.3) is 0 Å². The van der Waals surface area contributed by atoms with Crippen LogP contribution in [-0.4, -0.2) is 61.4 Å². The van der Waals surface area contributed by atoms with E-state index in [1.807, 2.05) is 4.90 Å². The molecular formula is C11H18F3N3O3. The molecule has 1 spiro atoms. The molecule has 0 unspecified atom stereocenters. The second-order valence-corrected chi connectivity index (χ2v) is 4.95. The highest BCUT2D eigenvalue weighted by Gasteiger charge is 2.40. The Hall–Kier alpha value is -1.51. The van der Waals surface area contributed by atoms with Gasteiger partial charge in [-0.25, -0.2) is 9.59 Å². The average molecular weight is 297 g/mol. The third-order valence-corrected chi connectivity index (χ3v) is 3.57. The molecule has 2 rings (SSSR count). The number of rotatable bonds is 0. The molecule has 0 bridgehead atoms. The lowest BCUT2D eigenvalue weighted by Gasteiger charge is -2.48. The zero-order valence-electron chi connectivity index (χ0n) is 11.1. The first-order valence-corrected chi connectivity index (χ1v) is 6.18. The standard InChI is InChI=1S/C9H17N3O.C2HF3O2/c1-10-8(13)12-4-2-9(3-5-12)6-11-7-9;3-2(4,5)1(6)7/h11H,2-7H2,1H3,(H,10,13);(H,6,7). The van der Waals surface area contributed by atoms with E-state index in [1.165, 1.54) is 0 Å². The summed E-state index contributed by atoms with van der Waals surface area (Å²) >= 11 is 0. The Morgan fingerprint density at radius 2 is 1.70 bits per heavy atom. The quantitative estimate of drug-likeness (QED) is 0.613. The average Bonchev–Trinajstić information content (AvgIpc) is 2.36. The van der Waals surface area contributed by atoms with Crippen molar-refractivity contribution >= 4 is 12.0 Å². The largest absolute Gasteiger partial charge is 0.490 e. The van der Waals surface area contributed by atoms with E-state index in [-0.39, 0.29) is 6.03 Å². The van der Waals surface area contributed by atoms with E-state index >= 15 is 0 Å². The highest BCUT2D eigenvalue weighted by atomic mass is 19.4. The number of urea groups is 1. The molecule has 2 aliphatic heterocycles. The minimum atomic E-state index is -5.08. The molecule has 6 nitrogen and oxygen atoms in total. The van der Waals surface area contributed by atoms with E-state index in [0.29, 0.717) is 5.41 Å². The Morgan fingerprint density at radius 3 is 1.95 bits per heavy atom. The summed E-state index contributed by atoms with van der Waals surface area (Å²) < 4.78 is 31.7. The predicted molar refractivity (Wildman–Crippen MR) is 64.3 cm³/mol. The number of aliphatic carboxylic acids is 1. The van der Waals surface area contributed by atoms with Crippen LogP contribution in [0, 0.1) is 5.41 Å². The fourth-order valence-corrected chi connectivity index (χ4v) is 2.17. The molecular weight excluding hydrogens is 279 g/mol. The maximum atomic E-state index is 11.3. The van der Waals surface area contributed by atoms with E-state index < -0.39 is 12.1 Å². The summed E-state index contributed by atoms with van der Waals surface area (Å²) in [5.41, 5.74) is 0.532.